The minimum Gasteiger partial charge on any atom is -0.310 e. The van der Waals surface area contributed by atoms with E-state index < -0.39 is 11.6 Å². The summed E-state index contributed by atoms with van der Waals surface area (Å²) in [5, 5.41) is 3.02. The lowest BCUT2D eigenvalue weighted by Gasteiger charge is -2.13. The fraction of sp³-hybridized carbons (Fsp3) is 0.400. The first-order valence-electron chi connectivity index (χ1n) is 4.57. The summed E-state index contributed by atoms with van der Waals surface area (Å²) in [4.78, 5) is 0. The normalized spacial score (nSPS) is 20.1. The third-order valence-electron chi connectivity index (χ3n) is 2.49. The molecule has 0 radical (unpaired) electrons. The van der Waals surface area contributed by atoms with Crippen LogP contribution in [0.2, 0.25) is 5.02 Å². The molecule has 5 heteroatoms. The zero-order valence-electron chi connectivity index (χ0n) is 7.90. The van der Waals surface area contributed by atoms with Gasteiger partial charge in [-0.1, -0.05) is 11.6 Å². The summed E-state index contributed by atoms with van der Waals surface area (Å²) in [5.41, 5.74) is 0.0787. The van der Waals surface area contributed by atoms with E-state index in [2.05, 4.69) is 5.32 Å². The molecule has 0 saturated carbocycles. The lowest BCUT2D eigenvalue weighted by Crippen LogP contribution is -2.16. The fourth-order valence-electron chi connectivity index (χ4n) is 1.79. The van der Waals surface area contributed by atoms with Gasteiger partial charge in [0.1, 0.15) is 11.6 Å². The summed E-state index contributed by atoms with van der Waals surface area (Å²) >= 11 is 5.59. The van der Waals surface area contributed by atoms with Crippen molar-refractivity contribution in [1.29, 1.82) is 0 Å². The van der Waals surface area contributed by atoms with Crippen LogP contribution in [0.3, 0.4) is 0 Å². The first-order valence-corrected chi connectivity index (χ1v) is 4.94. The maximum atomic E-state index is 13.5. The van der Waals surface area contributed by atoms with Gasteiger partial charge in [-0.05, 0) is 31.5 Å². The molecule has 1 aliphatic heterocycles. The second kappa shape index (κ2) is 5.10. The Kier molecular flexibility index (Phi) is 4.32. The highest BCUT2D eigenvalue weighted by Gasteiger charge is 2.24. The van der Waals surface area contributed by atoms with Crippen LogP contribution >= 0.6 is 24.0 Å². The predicted molar refractivity (Wildman–Crippen MR) is 58.6 cm³/mol. The molecule has 1 heterocycles. The van der Waals surface area contributed by atoms with E-state index in [-0.39, 0.29) is 29.0 Å². The number of hydrogen-bond acceptors (Lipinski definition) is 1. The zero-order valence-corrected chi connectivity index (χ0v) is 9.47. The fourth-order valence-corrected chi connectivity index (χ4v) is 1.96. The Balaban J connectivity index is 0.00000112. The molecule has 1 nitrogen and oxygen atoms in total. The summed E-state index contributed by atoms with van der Waals surface area (Å²) in [7, 11) is 0. The molecule has 15 heavy (non-hydrogen) atoms. The van der Waals surface area contributed by atoms with Gasteiger partial charge in [-0.15, -0.1) is 12.4 Å². The average molecular weight is 254 g/mol. The average Bonchev–Trinajstić information content (AvgIpc) is 2.65. The Morgan fingerprint density at radius 2 is 2.07 bits per heavy atom. The van der Waals surface area contributed by atoms with E-state index in [1.54, 1.807) is 0 Å². The lowest BCUT2D eigenvalue weighted by molar-refractivity contribution is 0.507. The Bertz CT molecular complexity index is 352. The van der Waals surface area contributed by atoms with Gasteiger partial charge in [0.05, 0.1) is 5.02 Å². The van der Waals surface area contributed by atoms with Crippen molar-refractivity contribution < 1.29 is 8.78 Å². The van der Waals surface area contributed by atoms with Crippen molar-refractivity contribution in [2.75, 3.05) is 6.54 Å². The summed E-state index contributed by atoms with van der Waals surface area (Å²) in [6.07, 6.45) is 1.70. The van der Waals surface area contributed by atoms with E-state index in [1.165, 1.54) is 12.1 Å². The van der Waals surface area contributed by atoms with E-state index in [0.29, 0.717) is 0 Å². The van der Waals surface area contributed by atoms with Crippen LogP contribution in [-0.2, 0) is 0 Å². The molecule has 1 aliphatic rings. The standard InChI is InChI=1S/C10H10ClF2N.ClH/c11-6-3-4-7(12)9(10(6)13)8-2-1-5-14-8;/h3-4,8,14H,1-2,5H2;1H/t8-;/m0./s1. The van der Waals surface area contributed by atoms with Gasteiger partial charge in [0.2, 0.25) is 0 Å². The molecule has 0 spiro atoms. The number of halogens is 4. The van der Waals surface area contributed by atoms with Gasteiger partial charge in [0.25, 0.3) is 0 Å². The van der Waals surface area contributed by atoms with Gasteiger partial charge in [0, 0.05) is 11.6 Å². The summed E-state index contributed by atoms with van der Waals surface area (Å²) in [6.45, 7) is 0.802. The molecule has 0 unspecified atom stereocenters. The van der Waals surface area contributed by atoms with Gasteiger partial charge in [-0.25, -0.2) is 8.78 Å². The van der Waals surface area contributed by atoms with E-state index >= 15 is 0 Å². The molecule has 1 saturated heterocycles. The van der Waals surface area contributed by atoms with E-state index in [4.69, 9.17) is 11.6 Å². The van der Waals surface area contributed by atoms with Crippen molar-refractivity contribution in [3.05, 3.63) is 34.4 Å². The minimum absolute atomic E-state index is 0. The highest BCUT2D eigenvalue weighted by atomic mass is 35.5. The van der Waals surface area contributed by atoms with Crippen LogP contribution < -0.4 is 5.32 Å². The molecule has 1 aromatic rings. The van der Waals surface area contributed by atoms with Gasteiger partial charge in [-0.3, -0.25) is 0 Å². The third-order valence-corrected chi connectivity index (χ3v) is 2.78. The van der Waals surface area contributed by atoms with Crippen LogP contribution in [-0.4, -0.2) is 6.54 Å². The molecule has 0 aliphatic carbocycles. The molecule has 1 fully saturated rings. The van der Waals surface area contributed by atoms with E-state index in [0.717, 1.165) is 19.4 Å². The van der Waals surface area contributed by atoms with Crippen molar-refractivity contribution in [3.63, 3.8) is 0 Å². The smallest absolute Gasteiger partial charge is 0.149 e. The Hall–Kier alpha value is -0.380. The molecular formula is C10H11Cl2F2N. The van der Waals surface area contributed by atoms with Crippen molar-refractivity contribution in [3.8, 4) is 0 Å². The first-order chi connectivity index (χ1) is 6.70. The number of nitrogens with one attached hydrogen (secondary N) is 1. The summed E-state index contributed by atoms with van der Waals surface area (Å²) in [6, 6.07) is 2.22. The predicted octanol–water partition coefficient (Wildman–Crippen LogP) is 3.46. The van der Waals surface area contributed by atoms with Crippen molar-refractivity contribution in [1.82, 2.24) is 5.32 Å². The SMILES string of the molecule is Cl.Fc1ccc(Cl)c(F)c1[C@@H]1CCCN1. The maximum absolute atomic E-state index is 13.5. The van der Waals surface area contributed by atoms with Crippen LogP contribution in [0.15, 0.2) is 12.1 Å². The molecular weight excluding hydrogens is 243 g/mol. The van der Waals surface area contributed by atoms with Gasteiger partial charge >= 0.3 is 0 Å². The maximum Gasteiger partial charge on any atom is 0.149 e. The zero-order chi connectivity index (χ0) is 10.1. The Labute approximate surface area is 98.2 Å². The molecule has 2 rings (SSSR count). The Morgan fingerprint density at radius 3 is 2.67 bits per heavy atom. The monoisotopic (exact) mass is 253 g/mol. The molecule has 84 valence electrons. The summed E-state index contributed by atoms with van der Waals surface area (Å²) < 4.78 is 26.8. The summed E-state index contributed by atoms with van der Waals surface area (Å²) in [5.74, 6) is -1.16. The molecule has 1 N–H and O–H groups in total. The Morgan fingerprint density at radius 1 is 1.33 bits per heavy atom. The van der Waals surface area contributed by atoms with Crippen LogP contribution in [0, 0.1) is 11.6 Å². The topological polar surface area (TPSA) is 12.0 Å². The van der Waals surface area contributed by atoms with Crippen LogP contribution in [0.4, 0.5) is 8.78 Å². The van der Waals surface area contributed by atoms with Crippen molar-refractivity contribution >= 4 is 24.0 Å². The van der Waals surface area contributed by atoms with Crippen LogP contribution in [0.25, 0.3) is 0 Å². The molecule has 1 aromatic carbocycles. The van der Waals surface area contributed by atoms with Gasteiger partial charge in [-0.2, -0.15) is 0 Å². The van der Waals surface area contributed by atoms with E-state index in [1.807, 2.05) is 0 Å². The largest absolute Gasteiger partial charge is 0.310 e. The molecule has 1 atom stereocenters. The number of rotatable bonds is 1. The van der Waals surface area contributed by atoms with Crippen LogP contribution in [0.1, 0.15) is 24.4 Å². The van der Waals surface area contributed by atoms with Gasteiger partial charge in [0.15, 0.2) is 0 Å². The highest BCUT2D eigenvalue weighted by Crippen LogP contribution is 2.30. The molecule has 0 amide bonds. The van der Waals surface area contributed by atoms with Crippen molar-refractivity contribution in [2.45, 2.75) is 18.9 Å². The van der Waals surface area contributed by atoms with Crippen molar-refractivity contribution in [2.24, 2.45) is 0 Å². The first kappa shape index (κ1) is 12.7. The molecule has 0 aromatic heterocycles. The minimum atomic E-state index is -0.633. The second-order valence-corrected chi connectivity index (χ2v) is 3.81. The van der Waals surface area contributed by atoms with Crippen LogP contribution in [0.5, 0.6) is 0 Å². The third kappa shape index (κ3) is 2.41. The second-order valence-electron chi connectivity index (χ2n) is 3.41. The quantitative estimate of drug-likeness (QED) is 0.756. The number of hydrogen-bond donors (Lipinski definition) is 1. The van der Waals surface area contributed by atoms with Gasteiger partial charge < -0.3 is 5.32 Å². The molecule has 0 bridgehead atoms. The highest BCUT2D eigenvalue weighted by molar-refractivity contribution is 6.30. The lowest BCUT2D eigenvalue weighted by atomic mass is 10.0. The van der Waals surface area contributed by atoms with E-state index in [9.17, 15) is 8.78 Å². The number of benzene rings is 1.